The molecule has 1 N–H and O–H groups in total. The van der Waals surface area contributed by atoms with Gasteiger partial charge in [0.25, 0.3) is 5.91 Å². The predicted octanol–water partition coefficient (Wildman–Crippen LogP) is 2.99. The summed E-state index contributed by atoms with van der Waals surface area (Å²) in [6.45, 7) is 4.09. The first-order valence-corrected chi connectivity index (χ1v) is 8.15. The standard InChI is InChI=1S/C16H20BrNO4/c1-10-6-7-14(12(17)9-10)22-11(2)15(19)18-8-4-3-5-13(18)16(20)21/h6-7,9,11,13H,3-5,8H2,1-2H3,(H,20,21). The first-order valence-electron chi connectivity index (χ1n) is 7.36. The van der Waals surface area contributed by atoms with Crippen molar-refractivity contribution in [3.63, 3.8) is 0 Å². The number of halogens is 1. The Bertz CT molecular complexity index is 575. The average molecular weight is 370 g/mol. The van der Waals surface area contributed by atoms with Gasteiger partial charge in [-0.2, -0.15) is 0 Å². The van der Waals surface area contributed by atoms with Crippen molar-refractivity contribution in [2.24, 2.45) is 0 Å². The summed E-state index contributed by atoms with van der Waals surface area (Å²) in [6.07, 6.45) is 1.44. The topological polar surface area (TPSA) is 66.8 Å². The summed E-state index contributed by atoms with van der Waals surface area (Å²) >= 11 is 3.41. The van der Waals surface area contributed by atoms with Crippen LogP contribution in [0.25, 0.3) is 0 Å². The molecular formula is C16H20BrNO4. The molecule has 0 bridgehead atoms. The van der Waals surface area contributed by atoms with Crippen molar-refractivity contribution >= 4 is 27.8 Å². The van der Waals surface area contributed by atoms with E-state index in [1.54, 1.807) is 13.0 Å². The smallest absolute Gasteiger partial charge is 0.326 e. The van der Waals surface area contributed by atoms with E-state index in [4.69, 9.17) is 4.74 Å². The van der Waals surface area contributed by atoms with Gasteiger partial charge in [-0.05, 0) is 66.7 Å². The maximum Gasteiger partial charge on any atom is 0.326 e. The van der Waals surface area contributed by atoms with Gasteiger partial charge in [0, 0.05) is 6.54 Å². The lowest BCUT2D eigenvalue weighted by Crippen LogP contribution is -2.52. The number of aliphatic carboxylic acids is 1. The molecule has 120 valence electrons. The van der Waals surface area contributed by atoms with Crippen molar-refractivity contribution in [2.45, 2.75) is 45.3 Å². The molecule has 1 aromatic carbocycles. The number of carboxylic acid groups (broad SMARTS) is 1. The molecule has 22 heavy (non-hydrogen) atoms. The normalized spacial score (nSPS) is 19.6. The van der Waals surface area contributed by atoms with E-state index in [1.807, 2.05) is 19.1 Å². The molecule has 2 atom stereocenters. The zero-order valence-electron chi connectivity index (χ0n) is 12.7. The van der Waals surface area contributed by atoms with E-state index < -0.39 is 18.1 Å². The molecule has 1 aliphatic rings. The highest BCUT2D eigenvalue weighted by Gasteiger charge is 2.34. The van der Waals surface area contributed by atoms with E-state index >= 15 is 0 Å². The number of piperidine rings is 1. The lowest BCUT2D eigenvalue weighted by atomic mass is 10.0. The first-order chi connectivity index (χ1) is 10.4. The van der Waals surface area contributed by atoms with Crippen molar-refractivity contribution in [1.82, 2.24) is 4.90 Å². The van der Waals surface area contributed by atoms with Crippen LogP contribution in [0.3, 0.4) is 0 Å². The van der Waals surface area contributed by atoms with Crippen LogP contribution in [0.1, 0.15) is 31.7 Å². The SMILES string of the molecule is Cc1ccc(OC(C)C(=O)N2CCCCC2C(=O)O)c(Br)c1. The number of hydrogen-bond donors (Lipinski definition) is 1. The molecule has 5 nitrogen and oxygen atoms in total. The number of aryl methyl sites for hydroxylation is 1. The Hall–Kier alpha value is -1.56. The maximum absolute atomic E-state index is 12.5. The van der Waals surface area contributed by atoms with Crippen molar-refractivity contribution in [2.75, 3.05) is 6.54 Å². The second kappa shape index (κ2) is 7.13. The van der Waals surface area contributed by atoms with E-state index in [0.717, 1.165) is 22.9 Å². The zero-order chi connectivity index (χ0) is 16.3. The highest BCUT2D eigenvalue weighted by molar-refractivity contribution is 9.10. The summed E-state index contributed by atoms with van der Waals surface area (Å²) in [6, 6.07) is 4.87. The zero-order valence-corrected chi connectivity index (χ0v) is 14.3. The van der Waals surface area contributed by atoms with E-state index in [2.05, 4.69) is 15.9 Å². The van der Waals surface area contributed by atoms with Crippen molar-refractivity contribution in [3.8, 4) is 5.75 Å². The first kappa shape index (κ1) is 16.8. The van der Waals surface area contributed by atoms with Crippen LogP contribution in [0.4, 0.5) is 0 Å². The van der Waals surface area contributed by atoms with Gasteiger partial charge in [-0.3, -0.25) is 4.79 Å². The highest BCUT2D eigenvalue weighted by atomic mass is 79.9. The van der Waals surface area contributed by atoms with Gasteiger partial charge in [-0.1, -0.05) is 6.07 Å². The van der Waals surface area contributed by atoms with Crippen LogP contribution in [-0.2, 0) is 9.59 Å². The van der Waals surface area contributed by atoms with Crippen LogP contribution < -0.4 is 4.74 Å². The second-order valence-electron chi connectivity index (χ2n) is 5.58. The van der Waals surface area contributed by atoms with Crippen molar-refractivity contribution < 1.29 is 19.4 Å². The number of carbonyl (C=O) groups is 2. The number of carbonyl (C=O) groups excluding carboxylic acids is 1. The molecule has 1 saturated heterocycles. The molecule has 0 aromatic heterocycles. The summed E-state index contributed by atoms with van der Waals surface area (Å²) < 4.78 is 6.49. The molecule has 1 fully saturated rings. The third-order valence-electron chi connectivity index (χ3n) is 3.81. The number of rotatable bonds is 4. The van der Waals surface area contributed by atoms with Gasteiger partial charge in [0.1, 0.15) is 11.8 Å². The van der Waals surface area contributed by atoms with Gasteiger partial charge in [0.15, 0.2) is 6.10 Å². The van der Waals surface area contributed by atoms with Crippen LogP contribution in [0, 0.1) is 6.92 Å². The lowest BCUT2D eigenvalue weighted by molar-refractivity contribution is -0.155. The number of hydrogen-bond acceptors (Lipinski definition) is 3. The van der Waals surface area contributed by atoms with E-state index in [9.17, 15) is 14.7 Å². The van der Waals surface area contributed by atoms with Crippen LogP contribution >= 0.6 is 15.9 Å². The Balaban J connectivity index is 2.09. The molecular weight excluding hydrogens is 350 g/mol. The van der Waals surface area contributed by atoms with Crippen LogP contribution in [0.5, 0.6) is 5.75 Å². The number of carboxylic acids is 1. The number of ether oxygens (including phenoxy) is 1. The van der Waals surface area contributed by atoms with E-state index in [0.29, 0.717) is 18.7 Å². The molecule has 0 aliphatic carbocycles. The van der Waals surface area contributed by atoms with Crippen molar-refractivity contribution in [3.05, 3.63) is 28.2 Å². The third-order valence-corrected chi connectivity index (χ3v) is 4.43. The van der Waals surface area contributed by atoms with Gasteiger partial charge in [0.05, 0.1) is 4.47 Å². The lowest BCUT2D eigenvalue weighted by Gasteiger charge is -2.34. The molecule has 1 aromatic rings. The minimum absolute atomic E-state index is 0.278. The Morgan fingerprint density at radius 1 is 1.41 bits per heavy atom. The summed E-state index contributed by atoms with van der Waals surface area (Å²) in [7, 11) is 0. The van der Waals surface area contributed by atoms with Gasteiger partial charge >= 0.3 is 5.97 Å². The average Bonchev–Trinajstić information content (AvgIpc) is 2.49. The van der Waals surface area contributed by atoms with Crippen LogP contribution in [0.15, 0.2) is 22.7 Å². The number of likely N-dealkylation sites (tertiary alicyclic amines) is 1. The minimum atomic E-state index is -0.947. The van der Waals surface area contributed by atoms with Crippen molar-refractivity contribution in [1.29, 1.82) is 0 Å². The molecule has 6 heteroatoms. The number of benzene rings is 1. The largest absolute Gasteiger partial charge is 0.480 e. The summed E-state index contributed by atoms with van der Waals surface area (Å²) in [5.41, 5.74) is 1.08. The van der Waals surface area contributed by atoms with Gasteiger partial charge in [-0.25, -0.2) is 4.79 Å². The Labute approximate surface area is 138 Å². The molecule has 1 heterocycles. The summed E-state index contributed by atoms with van der Waals surface area (Å²) in [5.74, 6) is -0.647. The van der Waals surface area contributed by atoms with Gasteiger partial charge in [0.2, 0.25) is 0 Å². The molecule has 2 rings (SSSR count). The maximum atomic E-state index is 12.5. The highest BCUT2D eigenvalue weighted by Crippen LogP contribution is 2.27. The predicted molar refractivity (Wildman–Crippen MR) is 86.0 cm³/mol. The summed E-state index contributed by atoms with van der Waals surface area (Å²) in [5, 5.41) is 9.26. The minimum Gasteiger partial charge on any atom is -0.480 e. The number of nitrogens with zero attached hydrogens (tertiary/aromatic N) is 1. The monoisotopic (exact) mass is 369 g/mol. The van der Waals surface area contributed by atoms with E-state index in [-0.39, 0.29) is 5.91 Å². The van der Waals surface area contributed by atoms with Gasteiger partial charge in [-0.15, -0.1) is 0 Å². The fourth-order valence-electron chi connectivity index (χ4n) is 2.63. The van der Waals surface area contributed by atoms with Crippen LogP contribution in [-0.4, -0.2) is 40.6 Å². The fraction of sp³-hybridized carbons (Fsp3) is 0.500. The molecule has 0 radical (unpaired) electrons. The van der Waals surface area contributed by atoms with Gasteiger partial charge < -0.3 is 14.7 Å². The molecule has 1 amide bonds. The quantitative estimate of drug-likeness (QED) is 0.885. The van der Waals surface area contributed by atoms with Crippen LogP contribution in [0.2, 0.25) is 0 Å². The second-order valence-corrected chi connectivity index (χ2v) is 6.43. The molecule has 0 saturated carbocycles. The Morgan fingerprint density at radius 2 is 2.14 bits per heavy atom. The molecule has 0 spiro atoms. The summed E-state index contributed by atoms with van der Waals surface area (Å²) in [4.78, 5) is 25.2. The molecule has 2 unspecified atom stereocenters. The third kappa shape index (κ3) is 3.80. The fourth-order valence-corrected chi connectivity index (χ4v) is 3.21. The number of amides is 1. The Morgan fingerprint density at radius 3 is 2.77 bits per heavy atom. The Kier molecular flexibility index (Phi) is 5.45. The van der Waals surface area contributed by atoms with E-state index in [1.165, 1.54) is 4.90 Å². The molecule has 1 aliphatic heterocycles.